The maximum Gasteiger partial charge on any atom is 0.127 e. The van der Waals surface area contributed by atoms with E-state index in [4.69, 9.17) is 4.74 Å². The second kappa shape index (κ2) is 5.48. The minimum Gasteiger partial charge on any atom is -0.497 e. The third-order valence-electron chi connectivity index (χ3n) is 2.71. The molecule has 0 bridgehead atoms. The number of hydrogen-bond acceptors (Lipinski definition) is 1. The molecule has 1 nitrogen and oxygen atoms in total. The lowest BCUT2D eigenvalue weighted by Crippen LogP contribution is -1.93. The molecular formula is C15H15FO. The fourth-order valence-electron chi connectivity index (χ4n) is 1.82. The smallest absolute Gasteiger partial charge is 0.127 e. The average molecular weight is 231 g/mol. The molecule has 0 saturated carbocycles. The van der Waals surface area contributed by atoms with Gasteiger partial charge in [-0.05, 0) is 36.1 Å². The fraction of sp³-hybridized carbons (Fsp3) is 0.200. The second-order valence-corrected chi connectivity index (χ2v) is 3.98. The Morgan fingerprint density at radius 3 is 2.35 bits per heavy atom. The summed E-state index contributed by atoms with van der Waals surface area (Å²) in [7, 11) is 1.55. The van der Waals surface area contributed by atoms with Crippen molar-refractivity contribution in [3.8, 4) is 5.75 Å². The molecule has 0 amide bonds. The predicted molar refractivity (Wildman–Crippen MR) is 66.8 cm³/mol. The lowest BCUT2D eigenvalue weighted by molar-refractivity contribution is 0.410. The summed E-state index contributed by atoms with van der Waals surface area (Å²) in [4.78, 5) is 0. The molecule has 0 aliphatic heterocycles. The second-order valence-electron chi connectivity index (χ2n) is 3.98. The van der Waals surface area contributed by atoms with Gasteiger partial charge >= 0.3 is 0 Å². The molecule has 0 unspecified atom stereocenters. The largest absolute Gasteiger partial charge is 0.497 e. The molecule has 0 aliphatic rings. The van der Waals surface area contributed by atoms with Crippen LogP contribution in [-0.4, -0.2) is 7.11 Å². The number of halogens is 1. The highest BCUT2D eigenvalue weighted by molar-refractivity contribution is 5.30. The van der Waals surface area contributed by atoms with Crippen molar-refractivity contribution in [1.82, 2.24) is 0 Å². The first kappa shape index (κ1) is 11.6. The molecule has 0 aromatic heterocycles. The van der Waals surface area contributed by atoms with Crippen molar-refractivity contribution < 1.29 is 9.13 Å². The van der Waals surface area contributed by atoms with Gasteiger partial charge < -0.3 is 4.74 Å². The Kier molecular flexibility index (Phi) is 3.76. The average Bonchev–Trinajstić information content (AvgIpc) is 2.37. The topological polar surface area (TPSA) is 9.23 Å². The number of methoxy groups -OCH3 is 1. The third kappa shape index (κ3) is 3.31. The van der Waals surface area contributed by atoms with E-state index in [-0.39, 0.29) is 5.82 Å². The first-order chi connectivity index (χ1) is 8.28. The molecular weight excluding hydrogens is 216 g/mol. The van der Waals surface area contributed by atoms with Crippen molar-refractivity contribution in [2.24, 2.45) is 0 Å². The van der Waals surface area contributed by atoms with Gasteiger partial charge in [0.25, 0.3) is 0 Å². The highest BCUT2D eigenvalue weighted by Gasteiger charge is 2.01. The molecule has 17 heavy (non-hydrogen) atoms. The molecule has 2 rings (SSSR count). The van der Waals surface area contributed by atoms with Crippen LogP contribution in [0.1, 0.15) is 11.1 Å². The summed E-state index contributed by atoms with van der Waals surface area (Å²) in [5.74, 6) is 0.334. The minimum atomic E-state index is -0.243. The van der Waals surface area contributed by atoms with E-state index >= 15 is 0 Å². The number of benzene rings is 2. The van der Waals surface area contributed by atoms with E-state index in [9.17, 15) is 4.39 Å². The van der Waals surface area contributed by atoms with Crippen LogP contribution in [0.5, 0.6) is 5.75 Å². The van der Waals surface area contributed by atoms with Gasteiger partial charge in [0.2, 0.25) is 0 Å². The Morgan fingerprint density at radius 1 is 0.941 bits per heavy atom. The Hall–Kier alpha value is -1.83. The Bertz CT molecular complexity index is 480. The van der Waals surface area contributed by atoms with Gasteiger partial charge in [0.05, 0.1) is 7.11 Å². The van der Waals surface area contributed by atoms with E-state index in [2.05, 4.69) is 12.1 Å². The molecule has 0 radical (unpaired) electrons. The zero-order valence-corrected chi connectivity index (χ0v) is 9.82. The fourth-order valence-corrected chi connectivity index (χ4v) is 1.82. The van der Waals surface area contributed by atoms with Crippen molar-refractivity contribution in [3.63, 3.8) is 0 Å². The predicted octanol–water partition coefficient (Wildman–Crippen LogP) is 3.62. The van der Waals surface area contributed by atoms with Crippen LogP contribution >= 0.6 is 0 Å². The number of hydrogen-bond donors (Lipinski definition) is 0. The highest BCUT2D eigenvalue weighted by Crippen LogP contribution is 2.17. The van der Waals surface area contributed by atoms with Gasteiger partial charge in [-0.3, -0.25) is 0 Å². The highest BCUT2D eigenvalue weighted by atomic mass is 19.2. The van der Waals surface area contributed by atoms with Crippen LogP contribution in [0.15, 0.2) is 48.5 Å². The monoisotopic (exact) mass is 231 g/mol. The van der Waals surface area contributed by atoms with Gasteiger partial charge in [-0.25, -0.2) is 4.39 Å². The summed E-state index contributed by atoms with van der Waals surface area (Å²) in [6.45, 7) is 0. The van der Waals surface area contributed by atoms with Crippen molar-refractivity contribution >= 4 is 0 Å². The van der Waals surface area contributed by atoms with E-state index in [0.717, 1.165) is 18.4 Å². The van der Waals surface area contributed by atoms with E-state index in [1.165, 1.54) is 11.6 Å². The van der Waals surface area contributed by atoms with Crippen LogP contribution in [0, 0.1) is 5.82 Å². The van der Waals surface area contributed by atoms with Gasteiger partial charge in [0.15, 0.2) is 0 Å². The quantitative estimate of drug-likeness (QED) is 0.781. The van der Waals surface area contributed by atoms with Crippen LogP contribution in [-0.2, 0) is 12.8 Å². The van der Waals surface area contributed by atoms with Gasteiger partial charge in [-0.1, -0.05) is 30.3 Å². The first-order valence-corrected chi connectivity index (χ1v) is 5.65. The van der Waals surface area contributed by atoms with E-state index in [1.54, 1.807) is 13.2 Å². The van der Waals surface area contributed by atoms with Crippen LogP contribution in [0.3, 0.4) is 0 Å². The van der Waals surface area contributed by atoms with Crippen molar-refractivity contribution in [1.29, 1.82) is 0 Å². The normalized spacial score (nSPS) is 10.2. The molecule has 88 valence electrons. The zero-order chi connectivity index (χ0) is 12.1. The molecule has 0 atom stereocenters. The summed E-state index contributed by atoms with van der Waals surface area (Å²) in [5.41, 5.74) is 2.22. The SMILES string of the molecule is COc1cc(CCc2ccccc2)c[13c](F)c1. The minimum absolute atomic E-state index is 0.243. The standard InChI is InChI=1S/C15H15FO/c1-17-15-10-13(9-14(16)11-15)8-7-12-5-3-2-4-6-12/h2-6,9-11H,7-8H2,1H3/i14+1. The Morgan fingerprint density at radius 2 is 1.65 bits per heavy atom. The summed E-state index contributed by atoms with van der Waals surface area (Å²) in [5, 5.41) is 0. The van der Waals surface area contributed by atoms with Crippen LogP contribution < -0.4 is 4.74 Å². The summed E-state index contributed by atoms with van der Waals surface area (Å²) >= 11 is 0. The molecule has 2 aromatic rings. The summed E-state index contributed by atoms with van der Waals surface area (Å²) < 4.78 is 18.3. The van der Waals surface area contributed by atoms with Gasteiger partial charge in [-0.15, -0.1) is 0 Å². The van der Waals surface area contributed by atoms with E-state index in [1.807, 2.05) is 24.3 Å². The molecule has 0 heterocycles. The van der Waals surface area contributed by atoms with Gasteiger partial charge in [0, 0.05) is 6.07 Å². The molecule has 2 aromatic carbocycles. The van der Waals surface area contributed by atoms with Crippen LogP contribution in [0.4, 0.5) is 4.39 Å². The van der Waals surface area contributed by atoms with Crippen molar-refractivity contribution in [3.05, 3.63) is 65.5 Å². The van der Waals surface area contributed by atoms with Crippen LogP contribution in [0.2, 0.25) is 0 Å². The lowest BCUT2D eigenvalue weighted by Gasteiger charge is -2.05. The summed E-state index contributed by atoms with van der Waals surface area (Å²) in [6.07, 6.45) is 1.73. The molecule has 0 spiro atoms. The van der Waals surface area contributed by atoms with Gasteiger partial charge in [0.1, 0.15) is 11.6 Å². The van der Waals surface area contributed by atoms with Crippen LogP contribution in [0.25, 0.3) is 0 Å². The molecule has 0 fully saturated rings. The number of ether oxygens (including phenoxy) is 1. The Labute approximate surface area is 101 Å². The molecule has 0 N–H and O–H groups in total. The molecule has 0 saturated heterocycles. The zero-order valence-electron chi connectivity index (χ0n) is 9.82. The van der Waals surface area contributed by atoms with E-state index in [0.29, 0.717) is 5.75 Å². The maximum absolute atomic E-state index is 13.3. The lowest BCUT2D eigenvalue weighted by atomic mass is 10.1. The third-order valence-corrected chi connectivity index (χ3v) is 2.71. The summed E-state index contributed by atoms with van der Waals surface area (Å²) in [6, 6.07) is 15.0. The Balaban J connectivity index is 2.06. The maximum atomic E-state index is 13.3. The first-order valence-electron chi connectivity index (χ1n) is 5.65. The molecule has 2 heteroatoms. The number of aryl methyl sites for hydroxylation is 2. The van der Waals surface area contributed by atoms with Crippen molar-refractivity contribution in [2.45, 2.75) is 12.8 Å². The number of rotatable bonds is 4. The van der Waals surface area contributed by atoms with Crippen molar-refractivity contribution in [2.75, 3.05) is 7.11 Å². The van der Waals surface area contributed by atoms with E-state index < -0.39 is 0 Å². The van der Waals surface area contributed by atoms with Gasteiger partial charge in [-0.2, -0.15) is 0 Å². The molecule has 0 aliphatic carbocycles.